The zero-order chi connectivity index (χ0) is 17.1. The standard InChI is InChI=1S/C17H12Cl2FN3O/c18-12-3-6-14(15(19)9-12)17(24)21-16-7-8-23(22-16)10-11-1-4-13(20)5-2-11/h1-9H,10H2,(H,21,22,24). The van der Waals surface area contributed by atoms with Gasteiger partial charge in [-0.3, -0.25) is 9.48 Å². The van der Waals surface area contributed by atoms with Crippen molar-refractivity contribution in [1.29, 1.82) is 0 Å². The predicted molar refractivity (Wildman–Crippen MR) is 92.1 cm³/mol. The fourth-order valence-electron chi connectivity index (χ4n) is 2.15. The Morgan fingerprint density at radius 1 is 1.12 bits per heavy atom. The number of amides is 1. The van der Waals surface area contributed by atoms with Crippen molar-refractivity contribution in [2.45, 2.75) is 6.54 Å². The van der Waals surface area contributed by atoms with Gasteiger partial charge in [-0.25, -0.2) is 4.39 Å². The lowest BCUT2D eigenvalue weighted by Gasteiger charge is -2.05. The van der Waals surface area contributed by atoms with Crippen LogP contribution < -0.4 is 5.32 Å². The number of halogens is 3. The average molecular weight is 364 g/mol. The molecule has 0 saturated heterocycles. The molecule has 0 aliphatic rings. The molecule has 0 aliphatic carbocycles. The van der Waals surface area contributed by atoms with Gasteiger partial charge in [-0.2, -0.15) is 5.10 Å². The molecule has 122 valence electrons. The third kappa shape index (κ3) is 3.93. The molecule has 2 aromatic carbocycles. The van der Waals surface area contributed by atoms with Crippen LogP contribution in [-0.2, 0) is 6.54 Å². The number of hydrogen-bond acceptors (Lipinski definition) is 2. The summed E-state index contributed by atoms with van der Waals surface area (Å²) in [5.41, 5.74) is 1.22. The molecule has 3 aromatic rings. The summed E-state index contributed by atoms with van der Waals surface area (Å²) in [6.45, 7) is 0.470. The zero-order valence-electron chi connectivity index (χ0n) is 12.3. The molecule has 7 heteroatoms. The highest BCUT2D eigenvalue weighted by atomic mass is 35.5. The second-order valence-electron chi connectivity index (χ2n) is 5.10. The molecule has 0 aliphatic heterocycles. The van der Waals surface area contributed by atoms with Crippen LogP contribution in [0.15, 0.2) is 54.7 Å². The van der Waals surface area contributed by atoms with E-state index in [1.807, 2.05) is 0 Å². The van der Waals surface area contributed by atoms with Gasteiger partial charge in [0.15, 0.2) is 5.82 Å². The smallest absolute Gasteiger partial charge is 0.258 e. The molecule has 4 nitrogen and oxygen atoms in total. The summed E-state index contributed by atoms with van der Waals surface area (Å²) in [6.07, 6.45) is 1.72. The number of carbonyl (C=O) groups is 1. The first-order valence-electron chi connectivity index (χ1n) is 7.05. The number of anilines is 1. The molecule has 0 unspecified atom stereocenters. The first-order valence-corrected chi connectivity index (χ1v) is 7.81. The summed E-state index contributed by atoms with van der Waals surface area (Å²) in [5.74, 6) is -0.260. The lowest BCUT2D eigenvalue weighted by Crippen LogP contribution is -2.13. The minimum atomic E-state index is -0.372. The van der Waals surface area contributed by atoms with Gasteiger partial charge in [0, 0.05) is 17.3 Å². The van der Waals surface area contributed by atoms with Gasteiger partial charge in [-0.1, -0.05) is 35.3 Å². The molecule has 0 fully saturated rings. The molecule has 0 bridgehead atoms. The Kier molecular flexibility index (Phi) is 4.83. The highest BCUT2D eigenvalue weighted by Gasteiger charge is 2.12. The number of nitrogens with zero attached hydrogens (tertiary/aromatic N) is 2. The predicted octanol–water partition coefficient (Wildman–Crippen LogP) is 4.63. The van der Waals surface area contributed by atoms with E-state index in [1.54, 1.807) is 41.2 Å². The fraction of sp³-hybridized carbons (Fsp3) is 0.0588. The van der Waals surface area contributed by atoms with Crippen molar-refractivity contribution < 1.29 is 9.18 Å². The minimum Gasteiger partial charge on any atom is -0.305 e. The highest BCUT2D eigenvalue weighted by molar-refractivity contribution is 6.37. The molecule has 1 N–H and O–H groups in total. The van der Waals surface area contributed by atoms with E-state index in [4.69, 9.17) is 23.2 Å². The zero-order valence-corrected chi connectivity index (χ0v) is 13.9. The molecule has 1 heterocycles. The second-order valence-corrected chi connectivity index (χ2v) is 5.95. The lowest BCUT2D eigenvalue weighted by atomic mass is 10.2. The number of hydrogen-bond donors (Lipinski definition) is 1. The average Bonchev–Trinajstić information content (AvgIpc) is 2.96. The van der Waals surface area contributed by atoms with E-state index in [9.17, 15) is 9.18 Å². The van der Waals surface area contributed by atoms with Gasteiger partial charge in [0.2, 0.25) is 0 Å². The normalized spacial score (nSPS) is 10.6. The third-order valence-corrected chi connectivity index (χ3v) is 3.86. The fourth-order valence-corrected chi connectivity index (χ4v) is 2.64. The number of aromatic nitrogens is 2. The van der Waals surface area contributed by atoms with E-state index < -0.39 is 0 Å². The van der Waals surface area contributed by atoms with Crippen LogP contribution >= 0.6 is 23.2 Å². The third-order valence-electron chi connectivity index (χ3n) is 3.32. The molecule has 1 amide bonds. The maximum Gasteiger partial charge on any atom is 0.258 e. The van der Waals surface area contributed by atoms with Crippen LogP contribution in [0.1, 0.15) is 15.9 Å². The minimum absolute atomic E-state index is 0.269. The van der Waals surface area contributed by atoms with Crippen LogP contribution in [0.3, 0.4) is 0 Å². The van der Waals surface area contributed by atoms with Crippen molar-refractivity contribution in [3.63, 3.8) is 0 Å². The molecule has 0 saturated carbocycles. The van der Waals surface area contributed by atoms with Gasteiger partial charge in [0.05, 0.1) is 17.1 Å². The number of rotatable bonds is 4. The van der Waals surface area contributed by atoms with Crippen LogP contribution in [-0.4, -0.2) is 15.7 Å². The Morgan fingerprint density at radius 3 is 2.58 bits per heavy atom. The first kappa shape index (κ1) is 16.5. The van der Waals surface area contributed by atoms with E-state index in [2.05, 4.69) is 10.4 Å². The van der Waals surface area contributed by atoms with Crippen molar-refractivity contribution in [2.75, 3.05) is 5.32 Å². The highest BCUT2D eigenvalue weighted by Crippen LogP contribution is 2.21. The summed E-state index contributed by atoms with van der Waals surface area (Å²) in [7, 11) is 0. The van der Waals surface area contributed by atoms with E-state index in [0.717, 1.165) is 5.56 Å². The topological polar surface area (TPSA) is 46.9 Å². The van der Waals surface area contributed by atoms with Crippen LogP contribution in [0.25, 0.3) is 0 Å². The Hall–Kier alpha value is -2.37. The van der Waals surface area contributed by atoms with Crippen LogP contribution in [0, 0.1) is 5.82 Å². The summed E-state index contributed by atoms with van der Waals surface area (Å²) < 4.78 is 14.5. The maximum absolute atomic E-state index is 12.9. The van der Waals surface area contributed by atoms with Crippen molar-refractivity contribution in [2.24, 2.45) is 0 Å². The summed E-state index contributed by atoms with van der Waals surface area (Å²) in [4.78, 5) is 12.2. The largest absolute Gasteiger partial charge is 0.305 e. The van der Waals surface area contributed by atoms with Gasteiger partial charge in [-0.15, -0.1) is 0 Å². The molecule has 0 radical (unpaired) electrons. The van der Waals surface area contributed by atoms with E-state index >= 15 is 0 Å². The van der Waals surface area contributed by atoms with Gasteiger partial charge in [0.1, 0.15) is 5.82 Å². The molecule has 1 aromatic heterocycles. The van der Waals surface area contributed by atoms with E-state index in [1.165, 1.54) is 18.2 Å². The number of carbonyl (C=O) groups excluding carboxylic acids is 1. The monoisotopic (exact) mass is 363 g/mol. The van der Waals surface area contributed by atoms with Crippen molar-refractivity contribution in [1.82, 2.24) is 9.78 Å². The first-order chi connectivity index (χ1) is 11.5. The Balaban J connectivity index is 1.69. The van der Waals surface area contributed by atoms with Gasteiger partial charge < -0.3 is 5.32 Å². The summed E-state index contributed by atoms with van der Waals surface area (Å²) >= 11 is 11.8. The van der Waals surface area contributed by atoms with Crippen molar-refractivity contribution in [3.05, 3.63) is 81.7 Å². The molecule has 24 heavy (non-hydrogen) atoms. The van der Waals surface area contributed by atoms with Gasteiger partial charge in [0.25, 0.3) is 5.91 Å². The number of nitrogens with one attached hydrogen (secondary N) is 1. The number of benzene rings is 2. The second kappa shape index (κ2) is 7.03. The Bertz CT molecular complexity index is 878. The summed E-state index contributed by atoms with van der Waals surface area (Å²) in [5, 5.41) is 7.67. The molecule has 0 spiro atoms. The Labute approximate surface area is 147 Å². The van der Waals surface area contributed by atoms with E-state index in [0.29, 0.717) is 22.9 Å². The maximum atomic E-state index is 12.9. The molecular formula is C17H12Cl2FN3O. The SMILES string of the molecule is O=C(Nc1ccn(Cc2ccc(F)cc2)n1)c1ccc(Cl)cc1Cl. The lowest BCUT2D eigenvalue weighted by molar-refractivity contribution is 0.102. The molecule has 3 rings (SSSR count). The molecule has 0 atom stereocenters. The summed E-state index contributed by atoms with van der Waals surface area (Å²) in [6, 6.07) is 12.5. The van der Waals surface area contributed by atoms with Crippen molar-refractivity contribution in [3.8, 4) is 0 Å². The molecular weight excluding hydrogens is 352 g/mol. The van der Waals surface area contributed by atoms with Crippen LogP contribution in [0.2, 0.25) is 10.0 Å². The van der Waals surface area contributed by atoms with Gasteiger partial charge >= 0.3 is 0 Å². The van der Waals surface area contributed by atoms with Gasteiger partial charge in [-0.05, 0) is 35.9 Å². The van der Waals surface area contributed by atoms with Crippen molar-refractivity contribution >= 4 is 34.9 Å². The Morgan fingerprint density at radius 2 is 1.88 bits per heavy atom. The van der Waals surface area contributed by atoms with Crippen LogP contribution in [0.4, 0.5) is 10.2 Å². The van der Waals surface area contributed by atoms with Crippen LogP contribution in [0.5, 0.6) is 0 Å². The van der Waals surface area contributed by atoms with E-state index in [-0.39, 0.29) is 16.7 Å². The quantitative estimate of drug-likeness (QED) is 0.734.